The van der Waals surface area contributed by atoms with E-state index in [0.717, 1.165) is 48.4 Å². The van der Waals surface area contributed by atoms with Gasteiger partial charge in [0.15, 0.2) is 0 Å². The van der Waals surface area contributed by atoms with E-state index < -0.39 is 0 Å². The highest BCUT2D eigenvalue weighted by Gasteiger charge is 2.23. The van der Waals surface area contributed by atoms with E-state index in [0.29, 0.717) is 12.5 Å². The summed E-state index contributed by atoms with van der Waals surface area (Å²) in [6.45, 7) is 8.55. The van der Waals surface area contributed by atoms with Crippen molar-refractivity contribution in [2.45, 2.75) is 40.2 Å². The molecule has 4 heteroatoms. The van der Waals surface area contributed by atoms with Gasteiger partial charge in [-0.1, -0.05) is 42.8 Å². The zero-order valence-corrected chi connectivity index (χ0v) is 16.4. The minimum Gasteiger partial charge on any atom is -0.341 e. The number of benzene rings is 2. The van der Waals surface area contributed by atoms with Gasteiger partial charge in [0.2, 0.25) is 5.91 Å². The second-order valence-corrected chi connectivity index (χ2v) is 7.89. The van der Waals surface area contributed by atoms with Crippen LogP contribution in [0.5, 0.6) is 0 Å². The van der Waals surface area contributed by atoms with Gasteiger partial charge in [-0.3, -0.25) is 4.79 Å². The number of imidazole rings is 1. The molecule has 4 rings (SSSR count). The number of nitrogens with zero attached hydrogens (tertiary/aromatic N) is 3. The van der Waals surface area contributed by atoms with Crippen LogP contribution < -0.4 is 0 Å². The summed E-state index contributed by atoms with van der Waals surface area (Å²) in [4.78, 5) is 19.9. The van der Waals surface area contributed by atoms with Crippen LogP contribution in [0, 0.1) is 19.8 Å². The topological polar surface area (TPSA) is 38.1 Å². The lowest BCUT2D eigenvalue weighted by molar-refractivity contribution is -0.133. The van der Waals surface area contributed by atoms with Gasteiger partial charge in [0, 0.05) is 18.7 Å². The number of aromatic nitrogens is 2. The van der Waals surface area contributed by atoms with Gasteiger partial charge in [-0.05, 0) is 50.3 Å². The Hall–Kier alpha value is -2.62. The highest BCUT2D eigenvalue weighted by molar-refractivity contribution is 5.85. The number of fused-ring (bicyclic) bond motifs is 1. The van der Waals surface area contributed by atoms with E-state index in [1.54, 1.807) is 0 Å². The Morgan fingerprint density at radius 1 is 1.11 bits per heavy atom. The molecule has 2 aromatic carbocycles. The summed E-state index contributed by atoms with van der Waals surface area (Å²) in [6, 6.07) is 14.5. The Kier molecular flexibility index (Phi) is 4.73. The minimum absolute atomic E-state index is 0.191. The van der Waals surface area contributed by atoms with Crippen molar-refractivity contribution >= 4 is 16.9 Å². The third-order valence-corrected chi connectivity index (χ3v) is 5.71. The number of piperidine rings is 1. The van der Waals surface area contributed by atoms with Crippen LogP contribution >= 0.6 is 0 Å². The number of carbonyl (C=O) groups is 1. The first kappa shape index (κ1) is 17.8. The first-order valence-electron chi connectivity index (χ1n) is 9.83. The number of hydrogen-bond donors (Lipinski definition) is 0. The third kappa shape index (κ3) is 3.48. The molecule has 1 aromatic heterocycles. The van der Waals surface area contributed by atoms with Crippen LogP contribution in [0.1, 0.15) is 30.9 Å². The van der Waals surface area contributed by atoms with Crippen LogP contribution in [0.25, 0.3) is 22.4 Å². The van der Waals surface area contributed by atoms with Crippen molar-refractivity contribution in [3.63, 3.8) is 0 Å². The van der Waals surface area contributed by atoms with Gasteiger partial charge in [-0.15, -0.1) is 0 Å². The Balaban J connectivity index is 1.73. The number of aryl methyl sites for hydroxylation is 2. The van der Waals surface area contributed by atoms with Gasteiger partial charge in [-0.2, -0.15) is 0 Å². The van der Waals surface area contributed by atoms with E-state index in [2.05, 4.69) is 49.6 Å². The molecule has 1 aliphatic rings. The Labute approximate surface area is 160 Å². The molecule has 0 bridgehead atoms. The lowest BCUT2D eigenvalue weighted by Crippen LogP contribution is -2.39. The molecule has 0 saturated carbocycles. The highest BCUT2D eigenvalue weighted by atomic mass is 16.2. The van der Waals surface area contributed by atoms with Crippen molar-refractivity contribution in [2.75, 3.05) is 13.1 Å². The average Bonchev–Trinajstić information content (AvgIpc) is 3.00. The van der Waals surface area contributed by atoms with E-state index in [4.69, 9.17) is 4.98 Å². The molecule has 1 aliphatic heterocycles. The zero-order chi connectivity index (χ0) is 19.0. The molecule has 140 valence electrons. The van der Waals surface area contributed by atoms with Gasteiger partial charge in [0.05, 0.1) is 11.0 Å². The van der Waals surface area contributed by atoms with E-state index in [9.17, 15) is 4.79 Å². The fraction of sp³-hybridized carbons (Fsp3) is 0.391. The quantitative estimate of drug-likeness (QED) is 0.685. The van der Waals surface area contributed by atoms with Crippen LogP contribution in [0.15, 0.2) is 42.5 Å². The van der Waals surface area contributed by atoms with Crippen molar-refractivity contribution in [3.05, 3.63) is 53.6 Å². The molecule has 1 amide bonds. The zero-order valence-electron chi connectivity index (χ0n) is 16.4. The maximum absolute atomic E-state index is 13.0. The van der Waals surface area contributed by atoms with Gasteiger partial charge in [0.1, 0.15) is 12.4 Å². The summed E-state index contributed by atoms with van der Waals surface area (Å²) in [5, 5.41) is 0. The van der Waals surface area contributed by atoms with Crippen LogP contribution in [-0.2, 0) is 11.3 Å². The smallest absolute Gasteiger partial charge is 0.242 e. The van der Waals surface area contributed by atoms with E-state index in [1.165, 1.54) is 11.1 Å². The van der Waals surface area contributed by atoms with Crippen molar-refractivity contribution in [3.8, 4) is 11.4 Å². The molecule has 1 fully saturated rings. The first-order chi connectivity index (χ1) is 13.0. The number of rotatable bonds is 3. The van der Waals surface area contributed by atoms with Crippen LogP contribution in [0.4, 0.5) is 0 Å². The second kappa shape index (κ2) is 7.18. The highest BCUT2D eigenvalue weighted by Crippen LogP contribution is 2.28. The minimum atomic E-state index is 0.191. The van der Waals surface area contributed by atoms with Crippen molar-refractivity contribution in [2.24, 2.45) is 5.92 Å². The van der Waals surface area contributed by atoms with Gasteiger partial charge in [-0.25, -0.2) is 4.98 Å². The lowest BCUT2D eigenvalue weighted by Gasteiger charge is -2.30. The fourth-order valence-electron chi connectivity index (χ4n) is 4.00. The molecular weight excluding hydrogens is 334 g/mol. The van der Waals surface area contributed by atoms with Gasteiger partial charge in [0.25, 0.3) is 0 Å². The van der Waals surface area contributed by atoms with Crippen LogP contribution in [0.2, 0.25) is 0 Å². The van der Waals surface area contributed by atoms with Crippen molar-refractivity contribution in [1.29, 1.82) is 0 Å². The Morgan fingerprint density at radius 3 is 2.59 bits per heavy atom. The number of para-hydroxylation sites is 2. The summed E-state index contributed by atoms with van der Waals surface area (Å²) in [5.74, 6) is 1.79. The van der Waals surface area contributed by atoms with Crippen molar-refractivity contribution < 1.29 is 4.79 Å². The lowest BCUT2D eigenvalue weighted by atomic mass is 9.99. The Morgan fingerprint density at radius 2 is 1.85 bits per heavy atom. The molecule has 0 N–H and O–H groups in total. The van der Waals surface area contributed by atoms with Gasteiger partial charge < -0.3 is 9.47 Å². The SMILES string of the molecule is Cc1ccc(-c2nc3ccccc3n2CC(=O)N2CCC(C)CC2)c(C)c1. The molecule has 27 heavy (non-hydrogen) atoms. The molecule has 0 radical (unpaired) electrons. The fourth-order valence-corrected chi connectivity index (χ4v) is 4.00. The number of carbonyl (C=O) groups excluding carboxylic acids is 1. The Bertz CT molecular complexity index is 980. The molecule has 0 unspecified atom stereocenters. The normalized spacial score (nSPS) is 15.4. The molecule has 4 nitrogen and oxygen atoms in total. The molecule has 2 heterocycles. The predicted octanol–water partition coefficient (Wildman–Crippen LogP) is 4.58. The molecule has 0 aliphatic carbocycles. The third-order valence-electron chi connectivity index (χ3n) is 5.71. The number of hydrogen-bond acceptors (Lipinski definition) is 2. The molecular formula is C23H27N3O. The largest absolute Gasteiger partial charge is 0.341 e. The number of amides is 1. The van der Waals surface area contributed by atoms with Crippen molar-refractivity contribution in [1.82, 2.24) is 14.5 Å². The first-order valence-corrected chi connectivity index (χ1v) is 9.83. The molecule has 3 aromatic rings. The monoisotopic (exact) mass is 361 g/mol. The summed E-state index contributed by atoms with van der Waals surface area (Å²) >= 11 is 0. The maximum Gasteiger partial charge on any atom is 0.242 e. The summed E-state index contributed by atoms with van der Waals surface area (Å²) in [5.41, 5.74) is 5.47. The summed E-state index contributed by atoms with van der Waals surface area (Å²) in [6.07, 6.45) is 2.20. The second-order valence-electron chi connectivity index (χ2n) is 7.89. The summed E-state index contributed by atoms with van der Waals surface area (Å²) < 4.78 is 2.09. The standard InChI is InChI=1S/C23H27N3O/c1-16-10-12-25(13-11-16)22(27)15-26-21-7-5-4-6-20(21)24-23(26)19-9-8-17(2)14-18(19)3/h4-9,14,16H,10-13,15H2,1-3H3. The summed E-state index contributed by atoms with van der Waals surface area (Å²) in [7, 11) is 0. The maximum atomic E-state index is 13.0. The predicted molar refractivity (Wildman–Crippen MR) is 110 cm³/mol. The van der Waals surface area contributed by atoms with E-state index in [1.807, 2.05) is 23.1 Å². The van der Waals surface area contributed by atoms with Crippen LogP contribution in [0.3, 0.4) is 0 Å². The van der Waals surface area contributed by atoms with Gasteiger partial charge >= 0.3 is 0 Å². The molecule has 0 spiro atoms. The van der Waals surface area contributed by atoms with E-state index >= 15 is 0 Å². The average molecular weight is 361 g/mol. The number of likely N-dealkylation sites (tertiary alicyclic amines) is 1. The van der Waals surface area contributed by atoms with Crippen LogP contribution in [-0.4, -0.2) is 33.4 Å². The van der Waals surface area contributed by atoms with E-state index in [-0.39, 0.29) is 5.91 Å². The molecule has 1 saturated heterocycles. The molecule has 0 atom stereocenters.